The van der Waals surface area contributed by atoms with Gasteiger partial charge in [0.05, 0.1) is 17.8 Å². The zero-order chi connectivity index (χ0) is 13.1. The van der Waals surface area contributed by atoms with Gasteiger partial charge in [0.2, 0.25) is 0 Å². The second-order valence-electron chi connectivity index (χ2n) is 3.70. The number of aliphatic carboxylic acids is 1. The van der Waals surface area contributed by atoms with Crippen molar-refractivity contribution < 1.29 is 9.90 Å². The Balaban J connectivity index is 2.23. The van der Waals surface area contributed by atoms with Crippen LogP contribution in [0.5, 0.6) is 0 Å². The molecule has 94 valence electrons. The summed E-state index contributed by atoms with van der Waals surface area (Å²) in [6, 6.07) is 5.14. The molecular formula is C11H9Cl2N3O2. The number of nitrogens with one attached hydrogen (secondary N) is 1. The van der Waals surface area contributed by atoms with E-state index in [1.807, 2.05) is 0 Å². The summed E-state index contributed by atoms with van der Waals surface area (Å²) >= 11 is 11.8. The Morgan fingerprint density at radius 3 is 2.67 bits per heavy atom. The number of carboxylic acids is 1. The summed E-state index contributed by atoms with van der Waals surface area (Å²) in [6.07, 6.45) is 0.242. The summed E-state index contributed by atoms with van der Waals surface area (Å²) in [5.74, 6) is -0.952. The van der Waals surface area contributed by atoms with Crippen LogP contribution in [0.15, 0.2) is 18.2 Å². The molecule has 2 rings (SSSR count). The van der Waals surface area contributed by atoms with Gasteiger partial charge in [-0.1, -0.05) is 29.3 Å². The molecule has 1 aromatic heterocycles. The zero-order valence-corrected chi connectivity index (χ0v) is 10.7. The van der Waals surface area contributed by atoms with Crippen LogP contribution in [0.2, 0.25) is 10.0 Å². The molecule has 7 heteroatoms. The van der Waals surface area contributed by atoms with E-state index in [9.17, 15) is 4.79 Å². The first-order valence-corrected chi connectivity index (χ1v) is 5.86. The van der Waals surface area contributed by atoms with Crippen LogP contribution in [0.4, 0.5) is 0 Å². The normalized spacial score (nSPS) is 10.6. The van der Waals surface area contributed by atoms with Gasteiger partial charge in [-0.25, -0.2) is 0 Å². The molecule has 5 nitrogen and oxygen atoms in total. The molecule has 0 amide bonds. The third-order valence-corrected chi connectivity index (χ3v) is 2.98. The van der Waals surface area contributed by atoms with Crippen LogP contribution in [-0.4, -0.2) is 26.5 Å². The van der Waals surface area contributed by atoms with Crippen molar-refractivity contribution in [2.45, 2.75) is 12.8 Å². The highest BCUT2D eigenvalue weighted by atomic mass is 35.5. The molecule has 0 aliphatic heterocycles. The molecular weight excluding hydrogens is 277 g/mol. The highest BCUT2D eigenvalue weighted by Crippen LogP contribution is 2.23. The Morgan fingerprint density at radius 2 is 2.00 bits per heavy atom. The van der Waals surface area contributed by atoms with Crippen LogP contribution in [0.25, 0.3) is 0 Å². The molecule has 18 heavy (non-hydrogen) atoms. The van der Waals surface area contributed by atoms with Gasteiger partial charge in [0.1, 0.15) is 0 Å². The van der Waals surface area contributed by atoms with E-state index in [0.29, 0.717) is 27.9 Å². The Labute approximate surface area is 113 Å². The lowest BCUT2D eigenvalue weighted by molar-refractivity contribution is -0.136. The van der Waals surface area contributed by atoms with Crippen LogP contribution >= 0.6 is 23.2 Å². The molecule has 0 saturated heterocycles. The molecule has 0 saturated carbocycles. The first-order chi connectivity index (χ1) is 8.56. The molecule has 2 N–H and O–H groups in total. The van der Waals surface area contributed by atoms with Crippen molar-refractivity contribution in [1.29, 1.82) is 0 Å². The molecule has 0 aliphatic rings. The van der Waals surface area contributed by atoms with Gasteiger partial charge in [0, 0.05) is 16.5 Å². The number of H-pyrrole nitrogens is 1. The fourth-order valence-electron chi connectivity index (χ4n) is 1.55. The van der Waals surface area contributed by atoms with Crippen LogP contribution in [0.3, 0.4) is 0 Å². The van der Waals surface area contributed by atoms with E-state index in [1.54, 1.807) is 18.2 Å². The lowest BCUT2D eigenvalue weighted by atomic mass is 10.1. The molecule has 0 radical (unpaired) electrons. The molecule has 0 unspecified atom stereocenters. The molecule has 0 fully saturated rings. The average Bonchev–Trinajstić information content (AvgIpc) is 2.69. The monoisotopic (exact) mass is 285 g/mol. The molecule has 0 bridgehead atoms. The van der Waals surface area contributed by atoms with E-state index in [2.05, 4.69) is 15.4 Å². The van der Waals surface area contributed by atoms with Gasteiger partial charge >= 0.3 is 5.97 Å². The molecule has 1 aromatic carbocycles. The quantitative estimate of drug-likeness (QED) is 0.904. The highest BCUT2D eigenvalue weighted by molar-refractivity contribution is 6.35. The molecule has 2 aromatic rings. The van der Waals surface area contributed by atoms with Crippen molar-refractivity contribution in [3.8, 4) is 0 Å². The largest absolute Gasteiger partial charge is 0.481 e. The first-order valence-electron chi connectivity index (χ1n) is 5.10. The lowest BCUT2D eigenvalue weighted by Gasteiger charge is -2.03. The van der Waals surface area contributed by atoms with E-state index in [1.165, 1.54) is 0 Å². The predicted octanol–water partition coefficient (Wildman–Crippen LogP) is 2.33. The van der Waals surface area contributed by atoms with Crippen molar-refractivity contribution in [2.24, 2.45) is 0 Å². The van der Waals surface area contributed by atoms with Crippen LogP contribution < -0.4 is 0 Å². The summed E-state index contributed by atoms with van der Waals surface area (Å²) in [5, 5.41) is 20.0. The highest BCUT2D eigenvalue weighted by Gasteiger charge is 2.13. The van der Waals surface area contributed by atoms with Crippen molar-refractivity contribution in [3.63, 3.8) is 0 Å². The van der Waals surface area contributed by atoms with Gasteiger partial charge < -0.3 is 5.11 Å². The number of halogens is 2. The number of carboxylic acid groups (broad SMARTS) is 1. The number of nitrogens with zero attached hydrogens (tertiary/aromatic N) is 2. The van der Waals surface area contributed by atoms with Crippen LogP contribution in [0, 0.1) is 0 Å². The minimum absolute atomic E-state index is 0.170. The van der Waals surface area contributed by atoms with Gasteiger partial charge in [-0.05, 0) is 17.7 Å². The van der Waals surface area contributed by atoms with E-state index < -0.39 is 5.97 Å². The smallest absolute Gasteiger partial charge is 0.309 e. The van der Waals surface area contributed by atoms with Gasteiger partial charge in [0.25, 0.3) is 0 Å². The fourth-order valence-corrected chi connectivity index (χ4v) is 2.02. The fraction of sp³-hybridized carbons (Fsp3) is 0.182. The Kier molecular flexibility index (Phi) is 3.84. The third-order valence-electron chi connectivity index (χ3n) is 2.39. The van der Waals surface area contributed by atoms with Crippen LogP contribution in [0.1, 0.15) is 17.0 Å². The van der Waals surface area contributed by atoms with E-state index in [-0.39, 0.29) is 6.42 Å². The van der Waals surface area contributed by atoms with Crippen molar-refractivity contribution in [3.05, 3.63) is 45.2 Å². The standard InChI is InChI=1S/C11H9Cl2N3O2/c12-7-2-1-6(8(13)4-7)3-9-10(5-11(17)18)15-16-14-9/h1-2,4H,3,5H2,(H,17,18)(H,14,15,16). The van der Waals surface area contributed by atoms with Crippen LogP contribution in [-0.2, 0) is 17.6 Å². The van der Waals surface area contributed by atoms with Crippen molar-refractivity contribution in [1.82, 2.24) is 15.4 Å². The maximum Gasteiger partial charge on any atom is 0.309 e. The zero-order valence-electron chi connectivity index (χ0n) is 9.15. The predicted molar refractivity (Wildman–Crippen MR) is 67.0 cm³/mol. The molecule has 1 heterocycles. The lowest BCUT2D eigenvalue weighted by Crippen LogP contribution is -2.04. The third kappa shape index (κ3) is 3.00. The second kappa shape index (κ2) is 5.37. The minimum atomic E-state index is -0.952. The van der Waals surface area contributed by atoms with E-state index in [4.69, 9.17) is 28.3 Å². The second-order valence-corrected chi connectivity index (χ2v) is 4.54. The van der Waals surface area contributed by atoms with Crippen molar-refractivity contribution in [2.75, 3.05) is 0 Å². The van der Waals surface area contributed by atoms with Gasteiger partial charge in [-0.15, -0.1) is 0 Å². The minimum Gasteiger partial charge on any atom is -0.481 e. The number of aromatic amines is 1. The number of benzene rings is 1. The van der Waals surface area contributed by atoms with E-state index >= 15 is 0 Å². The Hall–Kier alpha value is -1.59. The topological polar surface area (TPSA) is 78.9 Å². The maximum atomic E-state index is 10.7. The molecule has 0 spiro atoms. The number of aromatic nitrogens is 3. The number of hydrogen-bond donors (Lipinski definition) is 2. The number of hydrogen-bond acceptors (Lipinski definition) is 3. The first kappa shape index (κ1) is 12.9. The SMILES string of the molecule is O=C(O)Cc1n[nH]nc1Cc1ccc(Cl)cc1Cl. The van der Waals surface area contributed by atoms with Gasteiger partial charge in [0.15, 0.2) is 0 Å². The average molecular weight is 286 g/mol. The molecule has 0 aliphatic carbocycles. The molecule has 0 atom stereocenters. The van der Waals surface area contributed by atoms with Crippen molar-refractivity contribution >= 4 is 29.2 Å². The summed E-state index contributed by atoms with van der Waals surface area (Å²) in [6.45, 7) is 0. The summed E-state index contributed by atoms with van der Waals surface area (Å²) in [4.78, 5) is 10.7. The Bertz CT molecular complexity index is 583. The van der Waals surface area contributed by atoms with Gasteiger partial charge in [-0.2, -0.15) is 15.4 Å². The number of carbonyl (C=O) groups is 1. The van der Waals surface area contributed by atoms with E-state index in [0.717, 1.165) is 5.56 Å². The van der Waals surface area contributed by atoms with Gasteiger partial charge in [-0.3, -0.25) is 4.79 Å². The Morgan fingerprint density at radius 1 is 1.28 bits per heavy atom. The maximum absolute atomic E-state index is 10.7. The summed E-state index contributed by atoms with van der Waals surface area (Å²) < 4.78 is 0. The summed E-state index contributed by atoms with van der Waals surface area (Å²) in [7, 11) is 0. The summed E-state index contributed by atoms with van der Waals surface area (Å²) in [5.41, 5.74) is 1.80. The number of rotatable bonds is 4.